The number of aryl methyl sites for hydroxylation is 1. The number of amides is 2. The highest BCUT2D eigenvalue weighted by molar-refractivity contribution is 6.23. The Bertz CT molecular complexity index is 1150. The Morgan fingerprint density at radius 2 is 1.34 bits per heavy atom. The lowest BCUT2D eigenvalue weighted by atomic mass is 9.52. The van der Waals surface area contributed by atoms with Crippen LogP contribution < -0.4 is 4.90 Å². The van der Waals surface area contributed by atoms with Gasteiger partial charge in [0.1, 0.15) is 5.60 Å². The molecule has 2 amide bonds. The molecule has 1 aliphatic heterocycles. The van der Waals surface area contributed by atoms with Gasteiger partial charge in [0, 0.05) is 5.92 Å². The van der Waals surface area contributed by atoms with Crippen molar-refractivity contribution in [2.45, 2.75) is 18.4 Å². The number of hydrogen-bond donors (Lipinski definition) is 1. The Kier molecular flexibility index (Phi) is 3.12. The molecule has 3 aliphatic carbocycles. The van der Waals surface area contributed by atoms with Crippen LogP contribution in [0.4, 0.5) is 5.69 Å². The van der Waals surface area contributed by atoms with Gasteiger partial charge in [0.15, 0.2) is 0 Å². The van der Waals surface area contributed by atoms with Crippen LogP contribution in [0.15, 0.2) is 72.8 Å². The van der Waals surface area contributed by atoms with Crippen LogP contribution >= 0.6 is 0 Å². The Hall–Kier alpha value is -3.24. The summed E-state index contributed by atoms with van der Waals surface area (Å²) in [6, 6.07) is 22.7. The van der Waals surface area contributed by atoms with Crippen molar-refractivity contribution in [1.29, 1.82) is 0 Å². The molecular formula is C25H19NO3. The molecule has 1 heterocycles. The fraction of sp³-hybridized carbons (Fsp3) is 0.200. The lowest BCUT2D eigenvalue weighted by Crippen LogP contribution is -2.53. The van der Waals surface area contributed by atoms with Gasteiger partial charge in [-0.2, -0.15) is 0 Å². The molecule has 29 heavy (non-hydrogen) atoms. The van der Waals surface area contributed by atoms with Gasteiger partial charge in [-0.1, -0.05) is 66.2 Å². The van der Waals surface area contributed by atoms with Gasteiger partial charge < -0.3 is 5.11 Å². The minimum atomic E-state index is -1.50. The molecule has 4 aliphatic rings. The summed E-state index contributed by atoms with van der Waals surface area (Å²) < 4.78 is 0. The summed E-state index contributed by atoms with van der Waals surface area (Å²) in [5.74, 6) is -2.19. The Morgan fingerprint density at radius 3 is 1.93 bits per heavy atom. The first kappa shape index (κ1) is 16.7. The van der Waals surface area contributed by atoms with Crippen molar-refractivity contribution < 1.29 is 14.7 Å². The molecule has 7 rings (SSSR count). The predicted octanol–water partition coefficient (Wildman–Crippen LogP) is 3.50. The predicted molar refractivity (Wildman–Crippen MR) is 108 cm³/mol. The summed E-state index contributed by atoms with van der Waals surface area (Å²) >= 11 is 0. The fourth-order valence-corrected chi connectivity index (χ4v) is 5.68. The van der Waals surface area contributed by atoms with E-state index in [-0.39, 0.29) is 17.7 Å². The summed E-state index contributed by atoms with van der Waals surface area (Å²) in [5.41, 5.74) is 3.51. The van der Waals surface area contributed by atoms with Crippen LogP contribution in [0, 0.1) is 18.8 Å². The summed E-state index contributed by atoms with van der Waals surface area (Å²) in [7, 11) is 0. The number of carbonyl (C=O) groups excluding carboxylic acids is 2. The van der Waals surface area contributed by atoms with Gasteiger partial charge in [-0.25, -0.2) is 4.90 Å². The standard InChI is InChI=1S/C25H19NO3/c1-14-10-12-15(13-11-14)26-23(27)21-20-16-6-2-4-8-18(16)25(29,22(21)24(26)28)19-9-5-3-7-17(19)20/h2-13,20-22,29H,1H3. The van der Waals surface area contributed by atoms with Crippen LogP contribution in [-0.2, 0) is 15.2 Å². The minimum absolute atomic E-state index is 0.226. The van der Waals surface area contributed by atoms with Gasteiger partial charge >= 0.3 is 0 Å². The molecule has 4 heteroatoms. The van der Waals surface area contributed by atoms with E-state index < -0.39 is 17.4 Å². The number of aliphatic hydroxyl groups is 1. The summed E-state index contributed by atoms with van der Waals surface area (Å²) in [6.07, 6.45) is 0. The molecule has 3 aromatic rings. The monoisotopic (exact) mass is 381 g/mol. The van der Waals surface area contributed by atoms with Gasteiger partial charge in [0.2, 0.25) is 11.8 Å². The van der Waals surface area contributed by atoms with Crippen LogP contribution in [0.5, 0.6) is 0 Å². The third kappa shape index (κ3) is 1.87. The number of anilines is 1. The second-order valence-electron chi connectivity index (χ2n) is 8.27. The maximum Gasteiger partial charge on any atom is 0.241 e. The van der Waals surface area contributed by atoms with Crippen molar-refractivity contribution in [3.05, 3.63) is 101 Å². The molecule has 2 unspecified atom stereocenters. The molecule has 0 radical (unpaired) electrons. The molecule has 1 fully saturated rings. The van der Waals surface area contributed by atoms with E-state index in [1.54, 1.807) is 12.1 Å². The molecule has 2 atom stereocenters. The smallest absolute Gasteiger partial charge is 0.241 e. The fourth-order valence-electron chi connectivity index (χ4n) is 5.68. The Morgan fingerprint density at radius 1 is 0.793 bits per heavy atom. The SMILES string of the molecule is Cc1ccc(N2C(=O)C3C4c5ccccc5C(O)(c5ccccc54)C3C2=O)cc1. The molecular weight excluding hydrogens is 362 g/mol. The zero-order valence-electron chi connectivity index (χ0n) is 15.9. The van der Waals surface area contributed by atoms with Crippen molar-refractivity contribution in [3.8, 4) is 0 Å². The third-order valence-electron chi connectivity index (χ3n) is 6.87. The highest BCUT2D eigenvalue weighted by atomic mass is 16.3. The first-order valence-electron chi connectivity index (χ1n) is 9.89. The molecule has 142 valence electrons. The lowest BCUT2D eigenvalue weighted by molar-refractivity contribution is -0.133. The van der Waals surface area contributed by atoms with Gasteiger partial charge in [-0.15, -0.1) is 0 Å². The quantitative estimate of drug-likeness (QED) is 0.657. The average Bonchev–Trinajstić information content (AvgIpc) is 3.01. The number of benzene rings is 3. The Labute approximate surface area is 168 Å². The van der Waals surface area contributed by atoms with Crippen molar-refractivity contribution in [2.24, 2.45) is 11.8 Å². The zero-order chi connectivity index (χ0) is 19.9. The van der Waals surface area contributed by atoms with Crippen LogP contribution in [-0.4, -0.2) is 16.9 Å². The molecule has 4 nitrogen and oxygen atoms in total. The lowest BCUT2D eigenvalue weighted by Gasteiger charge is -2.51. The highest BCUT2D eigenvalue weighted by Gasteiger charge is 2.68. The van der Waals surface area contributed by atoms with Crippen LogP contribution in [0.25, 0.3) is 0 Å². The van der Waals surface area contributed by atoms with Crippen molar-refractivity contribution in [1.82, 2.24) is 0 Å². The molecule has 1 N–H and O–H groups in total. The number of carbonyl (C=O) groups is 2. The maximum atomic E-state index is 13.6. The average molecular weight is 381 g/mol. The van der Waals surface area contributed by atoms with E-state index in [1.807, 2.05) is 67.6 Å². The van der Waals surface area contributed by atoms with Gasteiger partial charge in [0.25, 0.3) is 0 Å². The largest absolute Gasteiger partial charge is 0.379 e. The van der Waals surface area contributed by atoms with E-state index in [0.29, 0.717) is 5.69 Å². The van der Waals surface area contributed by atoms with Crippen LogP contribution in [0.1, 0.15) is 33.7 Å². The van der Waals surface area contributed by atoms with Gasteiger partial charge in [-0.05, 0) is 41.3 Å². The van der Waals surface area contributed by atoms with E-state index in [4.69, 9.17) is 0 Å². The van der Waals surface area contributed by atoms with E-state index >= 15 is 0 Å². The summed E-state index contributed by atoms with van der Waals surface area (Å²) in [4.78, 5) is 28.5. The topological polar surface area (TPSA) is 57.6 Å². The van der Waals surface area contributed by atoms with Crippen molar-refractivity contribution >= 4 is 17.5 Å². The second-order valence-corrected chi connectivity index (χ2v) is 8.27. The van der Waals surface area contributed by atoms with E-state index in [9.17, 15) is 14.7 Å². The van der Waals surface area contributed by atoms with Crippen molar-refractivity contribution in [2.75, 3.05) is 4.90 Å². The molecule has 0 aromatic heterocycles. The molecule has 2 bridgehead atoms. The zero-order valence-corrected chi connectivity index (χ0v) is 15.9. The van der Waals surface area contributed by atoms with Gasteiger partial charge in [0.05, 0.1) is 17.5 Å². The third-order valence-corrected chi connectivity index (χ3v) is 6.87. The molecule has 3 aromatic carbocycles. The van der Waals surface area contributed by atoms with E-state index in [0.717, 1.165) is 27.8 Å². The van der Waals surface area contributed by atoms with E-state index in [2.05, 4.69) is 0 Å². The summed E-state index contributed by atoms with van der Waals surface area (Å²) in [6.45, 7) is 1.97. The van der Waals surface area contributed by atoms with Crippen LogP contribution in [0.2, 0.25) is 0 Å². The first-order chi connectivity index (χ1) is 14.0. The molecule has 1 saturated heterocycles. The number of nitrogens with zero attached hydrogens (tertiary/aromatic N) is 1. The Balaban J connectivity index is 1.61. The second kappa shape index (κ2) is 5.43. The molecule has 0 saturated carbocycles. The number of hydrogen-bond acceptors (Lipinski definition) is 3. The first-order valence-corrected chi connectivity index (χ1v) is 9.89. The number of rotatable bonds is 1. The number of imide groups is 1. The van der Waals surface area contributed by atoms with Crippen LogP contribution in [0.3, 0.4) is 0 Å². The maximum absolute atomic E-state index is 13.6. The van der Waals surface area contributed by atoms with E-state index in [1.165, 1.54) is 4.90 Å². The minimum Gasteiger partial charge on any atom is -0.379 e. The van der Waals surface area contributed by atoms with Crippen molar-refractivity contribution in [3.63, 3.8) is 0 Å². The summed E-state index contributed by atoms with van der Waals surface area (Å²) in [5, 5.41) is 12.1. The normalized spacial score (nSPS) is 28.9. The molecule has 0 spiro atoms. The highest BCUT2D eigenvalue weighted by Crippen LogP contribution is 2.63. The van der Waals surface area contributed by atoms with Gasteiger partial charge in [-0.3, -0.25) is 9.59 Å².